The zero-order valence-electron chi connectivity index (χ0n) is 19.5. The molecule has 2 amide bonds. The van der Waals surface area contributed by atoms with Gasteiger partial charge in [-0.3, -0.25) is 4.79 Å². The number of hydrogen-bond donors (Lipinski definition) is 1. The summed E-state index contributed by atoms with van der Waals surface area (Å²) in [6.45, 7) is 1.40. The molecule has 1 aliphatic rings. The topological polar surface area (TPSA) is 87.7 Å². The van der Waals surface area contributed by atoms with E-state index in [1.165, 1.54) is 47.6 Å². The summed E-state index contributed by atoms with van der Waals surface area (Å²) in [6.07, 6.45) is -2.14. The number of benzene rings is 2. The van der Waals surface area contributed by atoms with Crippen molar-refractivity contribution in [3.8, 4) is 5.88 Å². The van der Waals surface area contributed by atoms with Crippen LogP contribution in [0.2, 0.25) is 0 Å². The molecule has 194 valence electrons. The quantitative estimate of drug-likeness (QED) is 0.499. The van der Waals surface area contributed by atoms with Crippen LogP contribution in [-0.4, -0.2) is 59.6 Å². The van der Waals surface area contributed by atoms with Crippen LogP contribution in [0.4, 0.5) is 28.2 Å². The van der Waals surface area contributed by atoms with Crippen molar-refractivity contribution in [2.75, 3.05) is 37.6 Å². The number of hydrogen-bond acceptors (Lipinski definition) is 6. The highest BCUT2D eigenvalue weighted by Crippen LogP contribution is 2.32. The van der Waals surface area contributed by atoms with Gasteiger partial charge in [-0.15, -0.1) is 0 Å². The van der Waals surface area contributed by atoms with Gasteiger partial charge in [-0.25, -0.2) is 19.2 Å². The lowest BCUT2D eigenvalue weighted by Crippen LogP contribution is -2.49. The molecule has 0 unspecified atom stereocenters. The molecule has 3 aromatic rings. The predicted molar refractivity (Wildman–Crippen MR) is 126 cm³/mol. The molecule has 8 nitrogen and oxygen atoms in total. The van der Waals surface area contributed by atoms with Gasteiger partial charge in [-0.2, -0.15) is 13.2 Å². The normalized spacial score (nSPS) is 13.8. The van der Waals surface area contributed by atoms with Crippen molar-refractivity contribution in [2.24, 2.45) is 0 Å². The highest BCUT2D eigenvalue weighted by atomic mass is 19.4. The van der Waals surface area contributed by atoms with Crippen LogP contribution in [0.5, 0.6) is 5.88 Å². The number of amides is 2. The summed E-state index contributed by atoms with van der Waals surface area (Å²) >= 11 is 0. The van der Waals surface area contributed by atoms with Crippen LogP contribution in [0.3, 0.4) is 0 Å². The number of piperazine rings is 1. The smallest absolute Gasteiger partial charge is 0.390 e. The second kappa shape index (κ2) is 11.2. The van der Waals surface area contributed by atoms with Crippen molar-refractivity contribution in [3.05, 3.63) is 83.4 Å². The number of nitrogens with zero attached hydrogens (tertiary/aromatic N) is 4. The second-order valence-electron chi connectivity index (χ2n) is 8.23. The summed E-state index contributed by atoms with van der Waals surface area (Å²) in [5, 5.41) is 2.57. The largest absolute Gasteiger partial charge is 0.417 e. The van der Waals surface area contributed by atoms with Gasteiger partial charge in [0.2, 0.25) is 5.88 Å². The van der Waals surface area contributed by atoms with Gasteiger partial charge < -0.3 is 19.9 Å². The van der Waals surface area contributed by atoms with Crippen molar-refractivity contribution in [2.45, 2.75) is 12.6 Å². The molecule has 1 saturated heterocycles. The molecule has 0 radical (unpaired) electrons. The van der Waals surface area contributed by atoms with E-state index in [4.69, 9.17) is 4.74 Å². The SMILES string of the molecule is O=C(NCCc1ccc(F)cc1)Oc1cnc(N2CCN(C(=O)c3ccccc3C(F)(F)F)CC2)cn1. The summed E-state index contributed by atoms with van der Waals surface area (Å²) in [4.78, 5) is 36.2. The number of halogens is 4. The maximum atomic E-state index is 13.3. The fourth-order valence-electron chi connectivity index (χ4n) is 3.84. The monoisotopic (exact) mass is 517 g/mol. The lowest BCUT2D eigenvalue weighted by molar-refractivity contribution is -0.138. The Morgan fingerprint density at radius 1 is 0.946 bits per heavy atom. The van der Waals surface area contributed by atoms with E-state index >= 15 is 0 Å². The molecule has 12 heteroatoms. The fourth-order valence-corrected chi connectivity index (χ4v) is 3.84. The molecule has 0 saturated carbocycles. The van der Waals surface area contributed by atoms with Crippen LogP contribution in [0.15, 0.2) is 60.9 Å². The average Bonchev–Trinajstić information content (AvgIpc) is 2.89. The van der Waals surface area contributed by atoms with E-state index in [9.17, 15) is 27.2 Å². The van der Waals surface area contributed by atoms with Gasteiger partial charge in [0.1, 0.15) is 11.6 Å². The van der Waals surface area contributed by atoms with Gasteiger partial charge in [-0.1, -0.05) is 24.3 Å². The number of carbonyl (C=O) groups excluding carboxylic acids is 2. The van der Waals surface area contributed by atoms with Crippen molar-refractivity contribution in [3.63, 3.8) is 0 Å². The van der Waals surface area contributed by atoms with Gasteiger partial charge in [0.05, 0.1) is 23.5 Å². The lowest BCUT2D eigenvalue weighted by Gasteiger charge is -2.35. The molecule has 0 spiro atoms. The highest BCUT2D eigenvalue weighted by Gasteiger charge is 2.36. The summed E-state index contributed by atoms with van der Waals surface area (Å²) in [6, 6.07) is 10.7. The van der Waals surface area contributed by atoms with Gasteiger partial charge in [0.25, 0.3) is 5.91 Å². The summed E-state index contributed by atoms with van der Waals surface area (Å²) in [7, 11) is 0. The first-order valence-corrected chi connectivity index (χ1v) is 11.4. The molecule has 0 aliphatic carbocycles. The van der Waals surface area contributed by atoms with Crippen LogP contribution in [0.25, 0.3) is 0 Å². The van der Waals surface area contributed by atoms with E-state index in [2.05, 4.69) is 15.3 Å². The number of ether oxygens (including phenoxy) is 1. The van der Waals surface area contributed by atoms with Crippen LogP contribution in [0.1, 0.15) is 21.5 Å². The number of nitrogens with one attached hydrogen (secondary N) is 1. The zero-order chi connectivity index (χ0) is 26.4. The van der Waals surface area contributed by atoms with Crippen LogP contribution >= 0.6 is 0 Å². The molecule has 2 heterocycles. The standard InChI is InChI=1S/C25H23F4N5O3/c26-18-7-5-17(6-8-18)9-10-30-24(36)37-22-16-31-21(15-32-22)33-11-13-34(14-12-33)23(35)19-3-1-2-4-20(19)25(27,28)29/h1-8,15-16H,9-14H2,(H,30,36). The van der Waals surface area contributed by atoms with Crippen molar-refractivity contribution < 1.29 is 31.9 Å². The van der Waals surface area contributed by atoms with Gasteiger partial charge >= 0.3 is 12.3 Å². The number of alkyl halides is 3. The first-order valence-electron chi connectivity index (χ1n) is 11.4. The Kier molecular flexibility index (Phi) is 7.85. The lowest BCUT2D eigenvalue weighted by atomic mass is 10.1. The molecule has 1 fully saturated rings. The van der Waals surface area contributed by atoms with Crippen LogP contribution in [0, 0.1) is 5.82 Å². The molecule has 4 rings (SSSR count). The minimum absolute atomic E-state index is 0.0133. The Balaban J connectivity index is 1.26. The van der Waals surface area contributed by atoms with Crippen LogP contribution < -0.4 is 15.0 Å². The molecule has 0 bridgehead atoms. The molecular weight excluding hydrogens is 494 g/mol. The average molecular weight is 517 g/mol. The first kappa shape index (κ1) is 25.9. The van der Waals surface area contributed by atoms with Crippen molar-refractivity contribution in [1.29, 1.82) is 0 Å². The van der Waals surface area contributed by atoms with E-state index in [-0.39, 0.29) is 36.9 Å². The Hall–Kier alpha value is -4.22. The number of aromatic nitrogens is 2. The number of rotatable bonds is 6. The number of anilines is 1. The molecule has 1 N–H and O–H groups in total. The highest BCUT2D eigenvalue weighted by molar-refractivity contribution is 5.96. The Morgan fingerprint density at radius 2 is 1.65 bits per heavy atom. The molecule has 2 aromatic carbocycles. The minimum atomic E-state index is -4.62. The third kappa shape index (κ3) is 6.72. The first-order chi connectivity index (χ1) is 17.7. The number of carbonyl (C=O) groups is 2. The minimum Gasteiger partial charge on any atom is -0.390 e. The zero-order valence-corrected chi connectivity index (χ0v) is 19.5. The Labute approximate surface area is 209 Å². The summed E-state index contributed by atoms with van der Waals surface area (Å²) < 4.78 is 57.9. The van der Waals surface area contributed by atoms with Crippen LogP contribution in [-0.2, 0) is 12.6 Å². The van der Waals surface area contributed by atoms with Gasteiger partial charge in [0.15, 0.2) is 0 Å². The van der Waals surface area contributed by atoms with Crippen molar-refractivity contribution >= 4 is 17.8 Å². The van der Waals surface area contributed by atoms with E-state index in [0.29, 0.717) is 25.3 Å². The summed E-state index contributed by atoms with van der Waals surface area (Å²) in [5.74, 6) is -0.541. The Morgan fingerprint density at radius 3 is 2.30 bits per heavy atom. The molecule has 0 atom stereocenters. The van der Waals surface area contributed by atoms with E-state index < -0.39 is 23.7 Å². The maximum Gasteiger partial charge on any atom is 0.417 e. The summed E-state index contributed by atoms with van der Waals surface area (Å²) in [5.41, 5.74) is -0.471. The molecular formula is C25H23F4N5O3. The van der Waals surface area contributed by atoms with E-state index in [1.54, 1.807) is 12.1 Å². The Bertz CT molecular complexity index is 1230. The van der Waals surface area contributed by atoms with E-state index in [1.807, 2.05) is 4.90 Å². The molecule has 1 aliphatic heterocycles. The van der Waals surface area contributed by atoms with Gasteiger partial charge in [-0.05, 0) is 36.2 Å². The maximum absolute atomic E-state index is 13.3. The third-order valence-electron chi connectivity index (χ3n) is 5.76. The molecule has 1 aromatic heterocycles. The third-order valence-corrected chi connectivity index (χ3v) is 5.76. The van der Waals surface area contributed by atoms with Crippen molar-refractivity contribution in [1.82, 2.24) is 20.2 Å². The second-order valence-corrected chi connectivity index (χ2v) is 8.23. The van der Waals surface area contributed by atoms with Gasteiger partial charge in [0, 0.05) is 32.7 Å². The predicted octanol–water partition coefficient (Wildman–Crippen LogP) is 3.93. The molecule has 37 heavy (non-hydrogen) atoms. The van der Waals surface area contributed by atoms with E-state index in [0.717, 1.165) is 11.6 Å². The fraction of sp³-hybridized carbons (Fsp3) is 0.280.